The van der Waals surface area contributed by atoms with E-state index in [2.05, 4.69) is 28.9 Å². The average molecular weight is 305 g/mol. The molecule has 1 aliphatic heterocycles. The van der Waals surface area contributed by atoms with Crippen LogP contribution in [0.3, 0.4) is 0 Å². The Balaban J connectivity index is 1.40. The van der Waals surface area contributed by atoms with E-state index in [1.54, 1.807) is 11.3 Å². The van der Waals surface area contributed by atoms with Crippen LogP contribution in [0.5, 0.6) is 0 Å². The van der Waals surface area contributed by atoms with E-state index >= 15 is 0 Å². The van der Waals surface area contributed by atoms with Gasteiger partial charge in [0.25, 0.3) is 0 Å². The van der Waals surface area contributed by atoms with Crippen molar-refractivity contribution in [2.75, 3.05) is 19.8 Å². The summed E-state index contributed by atoms with van der Waals surface area (Å²) in [6.07, 6.45) is 2.28. The van der Waals surface area contributed by atoms with Crippen LogP contribution in [0.4, 0.5) is 0 Å². The average Bonchev–Trinajstić information content (AvgIpc) is 3.15. The zero-order valence-corrected chi connectivity index (χ0v) is 12.7. The molecule has 2 aromatic rings. The van der Waals surface area contributed by atoms with Gasteiger partial charge in [-0.05, 0) is 47.4 Å². The minimum atomic E-state index is -0.0848. The van der Waals surface area contributed by atoms with Gasteiger partial charge in [0.2, 0.25) is 5.91 Å². The second-order valence-corrected chi connectivity index (χ2v) is 6.17. The van der Waals surface area contributed by atoms with E-state index < -0.39 is 0 Å². The van der Waals surface area contributed by atoms with E-state index in [0.29, 0.717) is 13.2 Å². The van der Waals surface area contributed by atoms with Crippen molar-refractivity contribution in [3.8, 4) is 0 Å². The smallest absolute Gasteiger partial charge is 0.246 e. The van der Waals surface area contributed by atoms with Crippen molar-refractivity contribution < 1.29 is 14.3 Å². The highest BCUT2D eigenvalue weighted by Crippen LogP contribution is 2.21. The number of fused-ring (bicyclic) bond motifs is 1. The molecular formula is C16H19NO3S. The largest absolute Gasteiger partial charge is 0.376 e. The van der Waals surface area contributed by atoms with Gasteiger partial charge in [0.1, 0.15) is 6.61 Å². The Morgan fingerprint density at radius 3 is 3.24 bits per heavy atom. The summed E-state index contributed by atoms with van der Waals surface area (Å²) in [7, 11) is 0. The summed E-state index contributed by atoms with van der Waals surface area (Å²) in [5.74, 6) is -0.0848. The van der Waals surface area contributed by atoms with Crippen LogP contribution in [0.2, 0.25) is 0 Å². The van der Waals surface area contributed by atoms with Crippen LogP contribution in [0.1, 0.15) is 18.4 Å². The highest BCUT2D eigenvalue weighted by Gasteiger charge is 2.15. The van der Waals surface area contributed by atoms with Crippen molar-refractivity contribution in [1.29, 1.82) is 0 Å². The molecule has 1 fully saturated rings. The van der Waals surface area contributed by atoms with Crippen molar-refractivity contribution in [3.63, 3.8) is 0 Å². The lowest BCUT2D eigenvalue weighted by molar-refractivity contribution is -0.127. The molecule has 1 atom stereocenters. The van der Waals surface area contributed by atoms with Gasteiger partial charge in [0.15, 0.2) is 0 Å². The van der Waals surface area contributed by atoms with Crippen molar-refractivity contribution in [2.24, 2.45) is 0 Å². The van der Waals surface area contributed by atoms with E-state index in [9.17, 15) is 4.79 Å². The van der Waals surface area contributed by atoms with Gasteiger partial charge in [-0.1, -0.05) is 6.07 Å². The molecule has 1 aliphatic rings. The number of ether oxygens (including phenoxy) is 2. The molecule has 112 valence electrons. The quantitative estimate of drug-likeness (QED) is 0.892. The predicted molar refractivity (Wildman–Crippen MR) is 83.5 cm³/mol. The molecule has 5 heteroatoms. The summed E-state index contributed by atoms with van der Waals surface area (Å²) in [6, 6.07) is 8.34. The van der Waals surface area contributed by atoms with Gasteiger partial charge in [0, 0.05) is 17.9 Å². The van der Waals surface area contributed by atoms with Gasteiger partial charge in [-0.2, -0.15) is 0 Å². The first-order valence-corrected chi connectivity index (χ1v) is 8.11. The number of rotatable bonds is 6. The number of hydrogen-bond donors (Lipinski definition) is 1. The summed E-state index contributed by atoms with van der Waals surface area (Å²) in [4.78, 5) is 11.7. The van der Waals surface area contributed by atoms with E-state index in [-0.39, 0.29) is 18.6 Å². The first-order valence-electron chi connectivity index (χ1n) is 7.23. The molecule has 0 unspecified atom stereocenters. The van der Waals surface area contributed by atoms with Crippen molar-refractivity contribution >= 4 is 27.3 Å². The first kappa shape index (κ1) is 14.5. The molecular weight excluding hydrogens is 286 g/mol. The van der Waals surface area contributed by atoms with Crippen molar-refractivity contribution in [1.82, 2.24) is 5.32 Å². The molecule has 2 heterocycles. The molecule has 1 N–H and O–H groups in total. The number of thiophene rings is 1. The van der Waals surface area contributed by atoms with Gasteiger partial charge in [0.05, 0.1) is 12.7 Å². The monoisotopic (exact) mass is 305 g/mol. The van der Waals surface area contributed by atoms with E-state index in [1.807, 2.05) is 6.07 Å². The lowest BCUT2D eigenvalue weighted by Gasteiger charge is -2.10. The molecule has 0 bridgehead atoms. The second kappa shape index (κ2) is 7.02. The maximum Gasteiger partial charge on any atom is 0.246 e. The minimum Gasteiger partial charge on any atom is -0.376 e. The fraction of sp³-hybridized carbons (Fsp3) is 0.438. The predicted octanol–water partition coefficient (Wildman–Crippen LogP) is 2.71. The zero-order chi connectivity index (χ0) is 14.5. The van der Waals surface area contributed by atoms with E-state index in [1.165, 1.54) is 10.1 Å². The summed E-state index contributed by atoms with van der Waals surface area (Å²) in [5, 5.41) is 6.18. The highest BCUT2D eigenvalue weighted by molar-refractivity contribution is 7.17. The molecule has 1 saturated heterocycles. The summed E-state index contributed by atoms with van der Waals surface area (Å²) < 4.78 is 12.1. The van der Waals surface area contributed by atoms with Crippen LogP contribution < -0.4 is 5.32 Å². The molecule has 1 aromatic heterocycles. The molecule has 3 rings (SSSR count). The van der Waals surface area contributed by atoms with Gasteiger partial charge >= 0.3 is 0 Å². The summed E-state index contributed by atoms with van der Waals surface area (Å²) in [5.41, 5.74) is 1.10. The van der Waals surface area contributed by atoms with Crippen LogP contribution in [0.25, 0.3) is 10.1 Å². The summed E-state index contributed by atoms with van der Waals surface area (Å²) in [6.45, 7) is 1.95. The summed E-state index contributed by atoms with van der Waals surface area (Å²) >= 11 is 1.72. The SMILES string of the molecule is O=C(COC[C@@H]1CCCO1)NCc1ccc2sccc2c1. The fourth-order valence-corrected chi connectivity index (χ4v) is 3.21. The van der Waals surface area contributed by atoms with Gasteiger partial charge in [-0.25, -0.2) is 0 Å². The van der Waals surface area contributed by atoms with Gasteiger partial charge in [-0.15, -0.1) is 11.3 Å². The molecule has 1 aromatic carbocycles. The molecule has 0 radical (unpaired) electrons. The topological polar surface area (TPSA) is 47.6 Å². The Morgan fingerprint density at radius 1 is 1.43 bits per heavy atom. The van der Waals surface area contributed by atoms with Crippen LogP contribution in [-0.4, -0.2) is 31.8 Å². The fourth-order valence-electron chi connectivity index (χ4n) is 2.44. The second-order valence-electron chi connectivity index (χ2n) is 5.22. The Hall–Kier alpha value is -1.43. The van der Waals surface area contributed by atoms with E-state index in [0.717, 1.165) is 25.0 Å². The van der Waals surface area contributed by atoms with Gasteiger partial charge in [-0.3, -0.25) is 4.79 Å². The van der Waals surface area contributed by atoms with Gasteiger partial charge < -0.3 is 14.8 Å². The first-order chi connectivity index (χ1) is 10.3. The number of carbonyl (C=O) groups excluding carboxylic acids is 1. The number of benzene rings is 1. The van der Waals surface area contributed by atoms with Crippen LogP contribution in [-0.2, 0) is 20.8 Å². The number of amides is 1. The molecule has 0 saturated carbocycles. The normalized spacial score (nSPS) is 18.2. The lowest BCUT2D eigenvalue weighted by Crippen LogP contribution is -2.28. The van der Waals surface area contributed by atoms with Crippen molar-refractivity contribution in [2.45, 2.75) is 25.5 Å². The number of nitrogens with one attached hydrogen (secondary N) is 1. The van der Waals surface area contributed by atoms with Crippen LogP contribution in [0, 0.1) is 0 Å². The Labute approximate surface area is 128 Å². The molecule has 21 heavy (non-hydrogen) atoms. The Bertz CT molecular complexity index is 604. The zero-order valence-electron chi connectivity index (χ0n) is 11.8. The number of hydrogen-bond acceptors (Lipinski definition) is 4. The Kier molecular flexibility index (Phi) is 4.85. The maximum atomic E-state index is 11.7. The van der Waals surface area contributed by atoms with Crippen LogP contribution in [0.15, 0.2) is 29.6 Å². The lowest BCUT2D eigenvalue weighted by atomic mass is 10.2. The Morgan fingerprint density at radius 2 is 2.38 bits per heavy atom. The molecule has 4 nitrogen and oxygen atoms in total. The molecule has 0 spiro atoms. The maximum absolute atomic E-state index is 11.7. The number of carbonyl (C=O) groups is 1. The molecule has 0 aliphatic carbocycles. The third-order valence-electron chi connectivity index (χ3n) is 3.57. The highest BCUT2D eigenvalue weighted by atomic mass is 32.1. The standard InChI is InChI=1S/C16H19NO3S/c18-16(11-19-10-14-2-1-6-20-14)17-9-12-3-4-15-13(8-12)5-7-21-15/h3-5,7-8,14H,1-2,6,9-11H2,(H,17,18)/t14-/m0/s1. The third-order valence-corrected chi connectivity index (χ3v) is 4.47. The van der Waals surface area contributed by atoms with Crippen LogP contribution >= 0.6 is 11.3 Å². The van der Waals surface area contributed by atoms with Crippen molar-refractivity contribution in [3.05, 3.63) is 35.2 Å². The minimum absolute atomic E-state index is 0.0848. The molecule has 1 amide bonds. The van der Waals surface area contributed by atoms with E-state index in [4.69, 9.17) is 9.47 Å². The third kappa shape index (κ3) is 4.03.